The Bertz CT molecular complexity index is 35.4. The van der Waals surface area contributed by atoms with Crippen molar-refractivity contribution in [3.05, 3.63) is 0 Å². The van der Waals surface area contributed by atoms with Crippen LogP contribution in [0.15, 0.2) is 0 Å². The van der Waals surface area contributed by atoms with Crippen LogP contribution in [0.2, 0.25) is 0 Å². The molecule has 8 heavy (non-hydrogen) atoms. The number of hydrogen-bond acceptors (Lipinski definition) is 2. The number of ether oxygens (including phenoxy) is 1. The second-order valence-corrected chi connectivity index (χ2v) is 1.64. The Balaban J connectivity index is 2.53. The van der Waals surface area contributed by atoms with Crippen LogP contribution < -0.4 is 0 Å². The molecule has 0 saturated heterocycles. The maximum absolute atomic E-state index is 5.01. The van der Waals surface area contributed by atoms with Crippen LogP contribution in [0.3, 0.4) is 0 Å². The summed E-state index contributed by atoms with van der Waals surface area (Å²) in [6.45, 7) is 3.92. The van der Waals surface area contributed by atoms with Gasteiger partial charge in [-0.25, -0.2) is 0 Å². The van der Waals surface area contributed by atoms with Crippen LogP contribution >= 0.6 is 11.9 Å². The number of hydrogen-bond donors (Lipinski definition) is 0. The summed E-state index contributed by atoms with van der Waals surface area (Å²) in [4.78, 5) is 0. The molecule has 0 aromatic rings. The summed E-state index contributed by atoms with van der Waals surface area (Å²) < 4.78 is 9.25. The molecule has 0 amide bonds. The highest BCUT2D eigenvalue weighted by molar-refractivity contribution is 6.07. The van der Waals surface area contributed by atoms with Crippen LogP contribution in [0.4, 0.5) is 0 Å². The average molecular weight is 139 g/mol. The van der Waals surface area contributed by atoms with E-state index in [1.807, 2.05) is 0 Å². The molecule has 0 aliphatic heterocycles. The van der Waals surface area contributed by atoms with Gasteiger partial charge in [0.2, 0.25) is 0 Å². The monoisotopic (exact) mass is 138 g/mol. The molecular weight excluding hydrogens is 128 g/mol. The summed E-state index contributed by atoms with van der Waals surface area (Å²) >= 11 is 4.90. The summed E-state index contributed by atoms with van der Waals surface area (Å²) in [5, 5.41) is 0. The van der Waals surface area contributed by atoms with E-state index in [4.69, 9.17) is 16.6 Å². The Hall–Kier alpha value is 0.210. The first kappa shape index (κ1) is 8.21. The van der Waals surface area contributed by atoms with Gasteiger partial charge in [0.15, 0.2) is 0 Å². The highest BCUT2D eigenvalue weighted by Gasteiger charge is 1.83. The molecule has 0 saturated carbocycles. The van der Waals surface area contributed by atoms with E-state index in [1.165, 1.54) is 0 Å². The molecule has 0 N–H and O–H groups in total. The van der Waals surface area contributed by atoms with Crippen molar-refractivity contribution < 1.29 is 9.03 Å². The number of rotatable bonds is 5. The van der Waals surface area contributed by atoms with Gasteiger partial charge >= 0.3 is 0 Å². The van der Waals surface area contributed by atoms with Gasteiger partial charge in [0, 0.05) is 6.61 Å². The lowest BCUT2D eigenvalue weighted by Gasteiger charge is -1.97. The van der Waals surface area contributed by atoms with Gasteiger partial charge in [-0.2, -0.15) is 0 Å². The molecule has 0 unspecified atom stereocenters. The van der Waals surface area contributed by atoms with E-state index >= 15 is 0 Å². The fourth-order valence-electron chi connectivity index (χ4n) is 0.337. The van der Waals surface area contributed by atoms with Crippen LogP contribution in [0.5, 0.6) is 0 Å². The lowest BCUT2D eigenvalue weighted by molar-refractivity contribution is 0.104. The predicted octanol–water partition coefficient (Wildman–Crippen LogP) is 1.58. The van der Waals surface area contributed by atoms with Crippen molar-refractivity contribution in [1.29, 1.82) is 0 Å². The van der Waals surface area contributed by atoms with Gasteiger partial charge in [0.25, 0.3) is 0 Å². The first-order valence-corrected chi connectivity index (χ1v) is 3.04. The fraction of sp³-hybridized carbons (Fsp3) is 1.00. The minimum atomic E-state index is 0.474. The molecule has 0 spiro atoms. The van der Waals surface area contributed by atoms with Gasteiger partial charge in [-0.05, 0) is 6.42 Å². The quantitative estimate of drug-likeness (QED) is 0.537. The zero-order valence-corrected chi connectivity index (χ0v) is 5.78. The van der Waals surface area contributed by atoms with Crippen LogP contribution in [0.1, 0.15) is 13.3 Å². The summed E-state index contributed by atoms with van der Waals surface area (Å²) in [6, 6.07) is 0. The van der Waals surface area contributed by atoms with Crippen molar-refractivity contribution in [3.63, 3.8) is 0 Å². The third-order valence-electron chi connectivity index (χ3n) is 0.653. The van der Waals surface area contributed by atoms with Crippen LogP contribution in [-0.2, 0) is 9.03 Å². The Morgan fingerprint density at radius 2 is 2.00 bits per heavy atom. The van der Waals surface area contributed by atoms with E-state index in [9.17, 15) is 0 Å². The molecule has 0 rings (SSSR count). The maximum atomic E-state index is 5.01. The lowest BCUT2D eigenvalue weighted by atomic mass is 10.5. The summed E-state index contributed by atoms with van der Waals surface area (Å²) in [5.74, 6) is 0. The Kier molecular flexibility index (Phi) is 7.40. The van der Waals surface area contributed by atoms with Gasteiger partial charge in [0.05, 0.1) is 25.1 Å². The van der Waals surface area contributed by atoms with Crippen molar-refractivity contribution in [3.8, 4) is 0 Å². The molecule has 0 heterocycles. The molecule has 0 radical (unpaired) electrons. The molecule has 2 nitrogen and oxygen atoms in total. The molecule has 0 fully saturated rings. The number of halogens is 1. The molecule has 0 aromatic heterocycles. The molecule has 0 atom stereocenters. The zero-order chi connectivity index (χ0) is 6.24. The van der Waals surface area contributed by atoms with E-state index in [1.54, 1.807) is 0 Å². The highest BCUT2D eigenvalue weighted by Crippen LogP contribution is 1.82. The van der Waals surface area contributed by atoms with Crippen LogP contribution in [0.25, 0.3) is 0 Å². The largest absolute Gasteiger partial charge is 0.379 e. The van der Waals surface area contributed by atoms with E-state index in [2.05, 4.69) is 11.2 Å². The minimum Gasteiger partial charge on any atom is -0.379 e. The maximum Gasteiger partial charge on any atom is 0.0916 e. The van der Waals surface area contributed by atoms with Gasteiger partial charge in [-0.3, -0.25) is 4.29 Å². The highest BCUT2D eigenvalue weighted by atomic mass is 35.5. The summed E-state index contributed by atoms with van der Waals surface area (Å²) in [6.07, 6.45) is 1.04. The van der Waals surface area contributed by atoms with Crippen LogP contribution in [0, 0.1) is 0 Å². The van der Waals surface area contributed by atoms with E-state index in [-0.39, 0.29) is 0 Å². The summed E-state index contributed by atoms with van der Waals surface area (Å²) in [7, 11) is 0. The lowest BCUT2D eigenvalue weighted by Crippen LogP contribution is -1.99. The third kappa shape index (κ3) is 6.21. The normalized spacial score (nSPS) is 9.75. The van der Waals surface area contributed by atoms with E-state index in [0.29, 0.717) is 13.2 Å². The van der Waals surface area contributed by atoms with Gasteiger partial charge < -0.3 is 4.74 Å². The van der Waals surface area contributed by atoms with Crippen molar-refractivity contribution >= 4 is 11.9 Å². The van der Waals surface area contributed by atoms with E-state index < -0.39 is 0 Å². The molecule has 0 bridgehead atoms. The Morgan fingerprint density at radius 1 is 1.25 bits per heavy atom. The Morgan fingerprint density at radius 3 is 2.50 bits per heavy atom. The Labute approximate surface area is 54.9 Å². The van der Waals surface area contributed by atoms with Crippen molar-refractivity contribution in [2.24, 2.45) is 0 Å². The molecule has 0 aliphatic rings. The van der Waals surface area contributed by atoms with Crippen LogP contribution in [-0.4, -0.2) is 19.8 Å². The average Bonchev–Trinajstić information content (AvgIpc) is 1.81. The van der Waals surface area contributed by atoms with Crippen molar-refractivity contribution in [1.82, 2.24) is 0 Å². The molecular formula is C5H11ClO2. The standard InChI is InChI=1S/C5H11ClO2/c1-2-3-7-4-5-8-6/h2-5H2,1H3. The zero-order valence-electron chi connectivity index (χ0n) is 5.02. The molecule has 50 valence electrons. The first-order chi connectivity index (χ1) is 3.91. The van der Waals surface area contributed by atoms with E-state index in [0.717, 1.165) is 13.0 Å². The van der Waals surface area contributed by atoms with Gasteiger partial charge in [0.1, 0.15) is 0 Å². The molecule has 3 heteroatoms. The minimum absolute atomic E-state index is 0.474. The fourth-order valence-corrected chi connectivity index (χ4v) is 0.400. The topological polar surface area (TPSA) is 18.5 Å². The second kappa shape index (κ2) is 7.21. The van der Waals surface area contributed by atoms with Gasteiger partial charge in [-0.15, -0.1) is 0 Å². The summed E-state index contributed by atoms with van der Waals surface area (Å²) in [5.41, 5.74) is 0. The first-order valence-electron chi connectivity index (χ1n) is 2.73. The third-order valence-corrected chi connectivity index (χ3v) is 0.808. The van der Waals surface area contributed by atoms with Gasteiger partial charge in [-0.1, -0.05) is 6.92 Å². The van der Waals surface area contributed by atoms with Crippen molar-refractivity contribution in [2.45, 2.75) is 13.3 Å². The molecule has 0 aliphatic carbocycles. The van der Waals surface area contributed by atoms with Crippen molar-refractivity contribution in [2.75, 3.05) is 19.8 Å². The predicted molar refractivity (Wildman–Crippen MR) is 32.9 cm³/mol. The SMILES string of the molecule is CCCOCCOCl. The molecule has 0 aromatic carbocycles. The smallest absolute Gasteiger partial charge is 0.0916 e. The second-order valence-electron chi connectivity index (χ2n) is 1.43.